The summed E-state index contributed by atoms with van der Waals surface area (Å²) in [6.45, 7) is 0.214. The molecule has 7 nitrogen and oxygen atoms in total. The normalized spacial score (nSPS) is 11.3. The van der Waals surface area contributed by atoms with Crippen molar-refractivity contribution in [1.82, 2.24) is 9.38 Å². The topological polar surface area (TPSA) is 77.6 Å². The number of hydrogen-bond acceptors (Lipinski definition) is 6. The summed E-state index contributed by atoms with van der Waals surface area (Å²) in [5, 5.41) is 11.1. The molecule has 2 heterocycles. The van der Waals surface area contributed by atoms with E-state index in [2.05, 4.69) is 0 Å². The van der Waals surface area contributed by atoms with E-state index in [1.54, 1.807) is 43.7 Å². The van der Waals surface area contributed by atoms with Crippen LogP contribution in [-0.2, 0) is 6.61 Å². The second kappa shape index (κ2) is 11.0. The zero-order valence-electron chi connectivity index (χ0n) is 20.6. The van der Waals surface area contributed by atoms with Crippen LogP contribution in [0.2, 0.25) is 10.0 Å². The Morgan fingerprint density at radius 1 is 0.947 bits per heavy atom. The van der Waals surface area contributed by atoms with Gasteiger partial charge in [-0.1, -0.05) is 41.4 Å². The van der Waals surface area contributed by atoms with Crippen molar-refractivity contribution in [3.63, 3.8) is 0 Å². The minimum Gasteiger partial charge on any atom is -0.504 e. The lowest BCUT2D eigenvalue weighted by atomic mass is 10.1. The highest BCUT2D eigenvalue weighted by Gasteiger charge is 2.16. The van der Waals surface area contributed by atoms with Crippen LogP contribution >= 0.6 is 23.2 Å². The second-order valence-corrected chi connectivity index (χ2v) is 9.10. The van der Waals surface area contributed by atoms with Crippen LogP contribution in [0.1, 0.15) is 11.1 Å². The Bertz CT molecular complexity index is 1650. The highest BCUT2D eigenvalue weighted by molar-refractivity contribution is 6.35. The van der Waals surface area contributed by atoms with Gasteiger partial charge in [-0.2, -0.15) is 0 Å². The van der Waals surface area contributed by atoms with Crippen molar-refractivity contribution >= 4 is 40.9 Å². The molecule has 0 aliphatic rings. The summed E-state index contributed by atoms with van der Waals surface area (Å²) in [6.07, 6.45) is 3.60. The number of fused-ring (bicyclic) bond motifs is 1. The molecule has 0 saturated carbocycles. The van der Waals surface area contributed by atoms with Crippen LogP contribution in [0.15, 0.2) is 84.0 Å². The number of phenolic OH excluding ortho intramolecular Hbond substituents is 1. The number of aromatic hydroxyl groups is 1. The number of methoxy groups -OCH3 is 2. The summed E-state index contributed by atoms with van der Waals surface area (Å²) in [6, 6.07) is 21.6. The largest absolute Gasteiger partial charge is 0.504 e. The molecule has 0 radical (unpaired) electrons. The number of ether oxygens (including phenoxy) is 3. The van der Waals surface area contributed by atoms with Crippen molar-refractivity contribution in [3.05, 3.63) is 100 Å². The van der Waals surface area contributed by atoms with Gasteiger partial charge in [0.05, 0.1) is 14.2 Å². The Balaban J connectivity index is 1.55. The molecule has 9 heteroatoms. The van der Waals surface area contributed by atoms with Gasteiger partial charge in [0.25, 0.3) is 0 Å². The number of hydrogen-bond donors (Lipinski definition) is 1. The number of aliphatic imine (C=N–C) groups is 1. The summed E-state index contributed by atoms with van der Waals surface area (Å²) < 4.78 is 18.9. The molecule has 3 aromatic carbocycles. The Morgan fingerprint density at radius 3 is 2.58 bits per heavy atom. The van der Waals surface area contributed by atoms with E-state index in [1.807, 2.05) is 53.1 Å². The van der Waals surface area contributed by atoms with Gasteiger partial charge >= 0.3 is 0 Å². The monoisotopic (exact) mass is 547 g/mol. The molecule has 192 valence electrons. The lowest BCUT2D eigenvalue weighted by Gasteiger charge is -2.14. The Morgan fingerprint density at radius 2 is 1.79 bits per heavy atom. The molecule has 0 saturated heterocycles. The fourth-order valence-corrected chi connectivity index (χ4v) is 4.46. The molecule has 1 N–H and O–H groups in total. The predicted molar refractivity (Wildman–Crippen MR) is 150 cm³/mol. The fraction of sp³-hybridized carbons (Fsp3) is 0.103. The second-order valence-electron chi connectivity index (χ2n) is 8.26. The van der Waals surface area contributed by atoms with E-state index in [1.165, 1.54) is 7.11 Å². The molecular weight excluding hydrogens is 525 g/mol. The summed E-state index contributed by atoms with van der Waals surface area (Å²) in [5.41, 5.74) is 3.59. The molecule has 5 rings (SSSR count). The number of para-hydroxylation sites is 1. The molecule has 38 heavy (non-hydrogen) atoms. The summed E-state index contributed by atoms with van der Waals surface area (Å²) in [4.78, 5) is 9.61. The maximum atomic E-state index is 10.1. The highest BCUT2D eigenvalue weighted by Crippen LogP contribution is 2.37. The first kappa shape index (κ1) is 25.4. The van der Waals surface area contributed by atoms with Gasteiger partial charge in [-0.3, -0.25) is 4.40 Å². The first-order chi connectivity index (χ1) is 18.5. The number of phenols is 1. The standard InChI is InChI=1S/C29H23Cl2N3O4/c1-36-24-7-5-6-19(28(24)38-17-20-9-11-21(30)15-22(20)31)16-32-29-27(33-26-8-3-4-13-34(26)29)18-10-12-23(35)25(14-18)37-2/h3-16,35H,17H2,1-2H3/b32-16+. The molecule has 0 aliphatic carbocycles. The van der Waals surface area contributed by atoms with E-state index in [0.29, 0.717) is 44.4 Å². The van der Waals surface area contributed by atoms with Crippen LogP contribution in [-0.4, -0.2) is 34.9 Å². The first-order valence-corrected chi connectivity index (χ1v) is 12.4. The molecule has 0 aliphatic heterocycles. The van der Waals surface area contributed by atoms with Gasteiger partial charge in [0.15, 0.2) is 28.8 Å². The van der Waals surface area contributed by atoms with Gasteiger partial charge in [0, 0.05) is 39.1 Å². The van der Waals surface area contributed by atoms with E-state index < -0.39 is 0 Å². The molecule has 0 unspecified atom stereocenters. The molecule has 5 aromatic rings. The smallest absolute Gasteiger partial charge is 0.170 e. The van der Waals surface area contributed by atoms with Crippen molar-refractivity contribution in [2.45, 2.75) is 6.61 Å². The summed E-state index contributed by atoms with van der Waals surface area (Å²) >= 11 is 12.4. The third kappa shape index (κ3) is 5.11. The van der Waals surface area contributed by atoms with Gasteiger partial charge in [-0.15, -0.1) is 0 Å². The molecule has 0 atom stereocenters. The van der Waals surface area contributed by atoms with Gasteiger partial charge in [-0.25, -0.2) is 9.98 Å². The third-order valence-electron chi connectivity index (χ3n) is 5.90. The summed E-state index contributed by atoms with van der Waals surface area (Å²) in [5.74, 6) is 2.07. The minimum absolute atomic E-state index is 0.0454. The molecular formula is C29H23Cl2N3O4. The van der Waals surface area contributed by atoms with Crippen molar-refractivity contribution in [2.75, 3.05) is 14.2 Å². The number of pyridine rings is 1. The molecule has 0 fully saturated rings. The van der Waals surface area contributed by atoms with Gasteiger partial charge in [-0.05, 0) is 54.6 Å². The lowest BCUT2D eigenvalue weighted by molar-refractivity contribution is 0.284. The van der Waals surface area contributed by atoms with E-state index in [0.717, 1.165) is 16.8 Å². The number of aromatic nitrogens is 2. The van der Waals surface area contributed by atoms with Crippen molar-refractivity contribution in [1.29, 1.82) is 0 Å². The zero-order valence-corrected chi connectivity index (χ0v) is 22.1. The SMILES string of the molecule is COc1cc(-c2nc3ccccn3c2/N=C/c2cccc(OC)c2OCc2ccc(Cl)cc2Cl)ccc1O. The number of nitrogens with zero attached hydrogens (tertiary/aromatic N) is 3. The van der Waals surface area contributed by atoms with Gasteiger partial charge in [0.2, 0.25) is 0 Å². The third-order valence-corrected chi connectivity index (χ3v) is 6.49. The van der Waals surface area contributed by atoms with Crippen LogP contribution in [0.4, 0.5) is 5.82 Å². The van der Waals surface area contributed by atoms with Crippen LogP contribution in [0, 0.1) is 0 Å². The van der Waals surface area contributed by atoms with Crippen molar-refractivity contribution in [3.8, 4) is 34.3 Å². The van der Waals surface area contributed by atoms with E-state index in [-0.39, 0.29) is 12.4 Å². The fourth-order valence-electron chi connectivity index (χ4n) is 3.99. The maximum absolute atomic E-state index is 10.1. The Labute approximate surface area is 229 Å². The van der Waals surface area contributed by atoms with Crippen LogP contribution in [0.25, 0.3) is 16.9 Å². The maximum Gasteiger partial charge on any atom is 0.170 e. The molecule has 0 amide bonds. The zero-order chi connectivity index (χ0) is 26.6. The molecule has 0 bridgehead atoms. The highest BCUT2D eigenvalue weighted by atomic mass is 35.5. The predicted octanol–water partition coefficient (Wildman–Crippen LogP) is 7.36. The van der Waals surface area contributed by atoms with E-state index in [4.69, 9.17) is 47.4 Å². The van der Waals surface area contributed by atoms with Crippen LogP contribution in [0.5, 0.6) is 23.0 Å². The van der Waals surface area contributed by atoms with Crippen LogP contribution < -0.4 is 14.2 Å². The number of rotatable bonds is 8. The first-order valence-electron chi connectivity index (χ1n) is 11.6. The van der Waals surface area contributed by atoms with E-state index in [9.17, 15) is 5.11 Å². The van der Waals surface area contributed by atoms with Crippen molar-refractivity contribution < 1.29 is 19.3 Å². The Kier molecular flexibility index (Phi) is 7.40. The van der Waals surface area contributed by atoms with Gasteiger partial charge < -0.3 is 19.3 Å². The molecule has 2 aromatic heterocycles. The molecule has 0 spiro atoms. The minimum atomic E-state index is 0.0454. The Hall–Kier alpha value is -4.20. The number of imidazole rings is 1. The average molecular weight is 548 g/mol. The summed E-state index contributed by atoms with van der Waals surface area (Å²) in [7, 11) is 3.09. The number of halogens is 2. The van der Waals surface area contributed by atoms with Crippen LogP contribution in [0.3, 0.4) is 0 Å². The van der Waals surface area contributed by atoms with E-state index >= 15 is 0 Å². The van der Waals surface area contributed by atoms with Crippen molar-refractivity contribution in [2.24, 2.45) is 4.99 Å². The average Bonchev–Trinajstić information content (AvgIpc) is 3.30. The van der Waals surface area contributed by atoms with Gasteiger partial charge in [0.1, 0.15) is 17.9 Å². The quantitative estimate of drug-likeness (QED) is 0.205. The number of benzene rings is 3. The lowest BCUT2D eigenvalue weighted by Crippen LogP contribution is -2.01.